The summed E-state index contributed by atoms with van der Waals surface area (Å²) in [4.78, 5) is 24.4. The third kappa shape index (κ3) is 7.49. The zero-order chi connectivity index (χ0) is 29.4. The number of carbonyl (C=O) groups excluding carboxylic acids is 2. The van der Waals surface area contributed by atoms with Crippen LogP contribution in [0, 0.1) is 0 Å². The van der Waals surface area contributed by atoms with Crippen LogP contribution in [0.4, 0.5) is 5.69 Å². The number of aryl methyl sites for hydroxylation is 1. The first-order chi connectivity index (χ1) is 19.7. The van der Waals surface area contributed by atoms with Crippen molar-refractivity contribution in [2.45, 2.75) is 43.8 Å². The molecule has 9 nitrogen and oxygen atoms in total. The molecule has 1 aromatic heterocycles. The molecule has 0 aliphatic heterocycles. The van der Waals surface area contributed by atoms with Crippen LogP contribution in [0.15, 0.2) is 88.9 Å². The summed E-state index contributed by atoms with van der Waals surface area (Å²) in [6.07, 6.45) is 0.700. The Morgan fingerprint density at radius 2 is 1.63 bits per heavy atom. The van der Waals surface area contributed by atoms with E-state index in [1.165, 1.54) is 23.0 Å². The van der Waals surface area contributed by atoms with Crippen LogP contribution in [0.25, 0.3) is 11.4 Å². The first-order valence-corrected chi connectivity index (χ1v) is 15.8. The SMILES string of the molecule is CCN(CC)S(=O)(=O)c1cccc(-c2nnc(SCC(=O)Nc3ccc(C(C)=O)cc3)n2CCc2ccccc2)c1. The van der Waals surface area contributed by atoms with E-state index in [2.05, 4.69) is 15.5 Å². The Morgan fingerprint density at radius 3 is 2.29 bits per heavy atom. The molecular formula is C30H33N5O4S2. The molecule has 0 saturated carbocycles. The number of amides is 1. The van der Waals surface area contributed by atoms with Crippen molar-refractivity contribution in [2.24, 2.45) is 0 Å². The van der Waals surface area contributed by atoms with E-state index in [1.54, 1.807) is 42.5 Å². The Hall–Kier alpha value is -3.80. The number of ketones is 1. The molecule has 0 bridgehead atoms. The van der Waals surface area contributed by atoms with Crippen molar-refractivity contribution in [1.82, 2.24) is 19.1 Å². The first kappa shape index (κ1) is 30.2. The standard InChI is InChI=1S/C30H33N5O4S2/c1-4-34(5-2)41(38,39)27-13-9-12-25(20-27)29-32-33-30(35(29)19-18-23-10-7-6-8-11-23)40-21-28(37)31-26-16-14-24(15-17-26)22(3)36/h6-17,20H,4-5,18-19,21H2,1-3H3,(H,31,37). The summed E-state index contributed by atoms with van der Waals surface area (Å²) in [7, 11) is -3.65. The summed E-state index contributed by atoms with van der Waals surface area (Å²) in [6.45, 7) is 6.40. The lowest BCUT2D eigenvalue weighted by atomic mass is 10.1. The van der Waals surface area contributed by atoms with Gasteiger partial charge in [-0.05, 0) is 55.3 Å². The number of Topliss-reactive ketones (excluding diaryl/α,β-unsaturated/α-hetero) is 1. The monoisotopic (exact) mass is 591 g/mol. The van der Waals surface area contributed by atoms with Gasteiger partial charge in [0, 0.05) is 36.4 Å². The number of hydrogen-bond donors (Lipinski definition) is 1. The molecule has 0 spiro atoms. The Balaban J connectivity index is 1.58. The van der Waals surface area contributed by atoms with Crippen LogP contribution in [0.3, 0.4) is 0 Å². The van der Waals surface area contributed by atoms with E-state index in [1.807, 2.05) is 54.8 Å². The van der Waals surface area contributed by atoms with Gasteiger partial charge in [-0.25, -0.2) is 8.42 Å². The average molecular weight is 592 g/mol. The van der Waals surface area contributed by atoms with Gasteiger partial charge in [0.2, 0.25) is 15.9 Å². The Morgan fingerprint density at radius 1 is 0.927 bits per heavy atom. The molecule has 4 aromatic rings. The lowest BCUT2D eigenvalue weighted by Gasteiger charge is -2.19. The van der Waals surface area contributed by atoms with Crippen molar-refractivity contribution in [3.63, 3.8) is 0 Å². The predicted octanol–water partition coefficient (Wildman–Crippen LogP) is 5.15. The Labute approximate surface area is 245 Å². The van der Waals surface area contributed by atoms with Gasteiger partial charge in [-0.1, -0.05) is 68.1 Å². The van der Waals surface area contributed by atoms with E-state index in [4.69, 9.17) is 0 Å². The quantitative estimate of drug-likeness (QED) is 0.169. The third-order valence-electron chi connectivity index (χ3n) is 6.53. The molecule has 3 aromatic carbocycles. The van der Waals surface area contributed by atoms with Crippen molar-refractivity contribution in [3.8, 4) is 11.4 Å². The lowest BCUT2D eigenvalue weighted by molar-refractivity contribution is -0.113. The second-order valence-corrected chi connectivity index (χ2v) is 12.2. The van der Waals surface area contributed by atoms with E-state index >= 15 is 0 Å². The van der Waals surface area contributed by atoms with Gasteiger partial charge >= 0.3 is 0 Å². The number of anilines is 1. The summed E-state index contributed by atoms with van der Waals surface area (Å²) in [5.74, 6) is 0.353. The smallest absolute Gasteiger partial charge is 0.243 e. The topological polar surface area (TPSA) is 114 Å². The maximum absolute atomic E-state index is 13.2. The number of hydrogen-bond acceptors (Lipinski definition) is 7. The second kappa shape index (κ2) is 13.7. The highest BCUT2D eigenvalue weighted by molar-refractivity contribution is 7.99. The molecule has 0 saturated heterocycles. The largest absolute Gasteiger partial charge is 0.325 e. The molecule has 41 heavy (non-hydrogen) atoms. The van der Waals surface area contributed by atoms with Crippen LogP contribution in [0.5, 0.6) is 0 Å². The maximum atomic E-state index is 13.2. The van der Waals surface area contributed by atoms with Gasteiger partial charge in [0.05, 0.1) is 10.6 Å². The van der Waals surface area contributed by atoms with Gasteiger partial charge in [-0.2, -0.15) is 4.31 Å². The summed E-state index contributed by atoms with van der Waals surface area (Å²) in [5, 5.41) is 12.2. The first-order valence-electron chi connectivity index (χ1n) is 13.3. The Bertz CT molecular complexity index is 1600. The zero-order valence-electron chi connectivity index (χ0n) is 23.3. The van der Waals surface area contributed by atoms with Gasteiger partial charge in [-0.3, -0.25) is 9.59 Å². The number of benzene rings is 3. The molecule has 0 atom stereocenters. The fourth-order valence-corrected chi connectivity index (χ4v) is 6.59. The molecule has 0 unspecified atom stereocenters. The summed E-state index contributed by atoms with van der Waals surface area (Å²) >= 11 is 1.25. The molecule has 0 aliphatic rings. The molecule has 11 heteroatoms. The molecule has 4 rings (SSSR count). The summed E-state index contributed by atoms with van der Waals surface area (Å²) < 4.78 is 29.7. The fraction of sp³-hybridized carbons (Fsp3) is 0.267. The van der Waals surface area contributed by atoms with E-state index < -0.39 is 10.0 Å². The molecule has 1 N–H and O–H groups in total. The van der Waals surface area contributed by atoms with E-state index in [-0.39, 0.29) is 22.3 Å². The van der Waals surface area contributed by atoms with Crippen LogP contribution in [0.2, 0.25) is 0 Å². The number of nitrogens with one attached hydrogen (secondary N) is 1. The number of aromatic nitrogens is 3. The van der Waals surface area contributed by atoms with Crippen LogP contribution in [-0.4, -0.2) is 58.0 Å². The number of carbonyl (C=O) groups is 2. The Kier molecular flexibility index (Phi) is 10.1. The van der Waals surface area contributed by atoms with Gasteiger partial charge in [0.25, 0.3) is 0 Å². The predicted molar refractivity (Wildman–Crippen MR) is 162 cm³/mol. The van der Waals surface area contributed by atoms with Crippen LogP contribution < -0.4 is 5.32 Å². The molecule has 1 heterocycles. The maximum Gasteiger partial charge on any atom is 0.243 e. The molecule has 1 amide bonds. The molecule has 0 fully saturated rings. The minimum atomic E-state index is -3.65. The van der Waals surface area contributed by atoms with E-state index in [9.17, 15) is 18.0 Å². The van der Waals surface area contributed by atoms with Crippen LogP contribution in [0.1, 0.15) is 36.7 Å². The van der Waals surface area contributed by atoms with Crippen molar-refractivity contribution >= 4 is 39.2 Å². The van der Waals surface area contributed by atoms with Crippen LogP contribution >= 0.6 is 11.8 Å². The summed E-state index contributed by atoms with van der Waals surface area (Å²) in [6, 6.07) is 23.5. The molecule has 214 valence electrons. The highest BCUT2D eigenvalue weighted by atomic mass is 32.2. The zero-order valence-corrected chi connectivity index (χ0v) is 24.9. The van der Waals surface area contributed by atoms with Gasteiger partial charge in [-0.15, -0.1) is 10.2 Å². The lowest BCUT2D eigenvalue weighted by Crippen LogP contribution is -2.30. The number of thioether (sulfide) groups is 1. The average Bonchev–Trinajstić information content (AvgIpc) is 3.39. The van der Waals surface area contributed by atoms with E-state index in [0.29, 0.717) is 53.9 Å². The van der Waals surface area contributed by atoms with Crippen molar-refractivity contribution in [1.29, 1.82) is 0 Å². The molecule has 0 aliphatic carbocycles. The fourth-order valence-electron chi connectivity index (χ4n) is 4.32. The van der Waals surface area contributed by atoms with Crippen molar-refractivity contribution < 1.29 is 18.0 Å². The van der Waals surface area contributed by atoms with Crippen molar-refractivity contribution in [3.05, 3.63) is 90.0 Å². The minimum Gasteiger partial charge on any atom is -0.325 e. The van der Waals surface area contributed by atoms with E-state index in [0.717, 1.165) is 5.56 Å². The van der Waals surface area contributed by atoms with Crippen LogP contribution in [-0.2, 0) is 27.8 Å². The summed E-state index contributed by atoms with van der Waals surface area (Å²) in [5.41, 5.74) is 2.93. The third-order valence-corrected chi connectivity index (χ3v) is 9.54. The van der Waals surface area contributed by atoms with Gasteiger partial charge in [0.15, 0.2) is 16.8 Å². The van der Waals surface area contributed by atoms with Crippen molar-refractivity contribution in [2.75, 3.05) is 24.2 Å². The number of rotatable bonds is 13. The molecule has 0 radical (unpaired) electrons. The number of sulfonamides is 1. The highest BCUT2D eigenvalue weighted by Crippen LogP contribution is 2.27. The number of nitrogens with zero attached hydrogens (tertiary/aromatic N) is 4. The minimum absolute atomic E-state index is 0.0414. The van der Waals surface area contributed by atoms with Gasteiger partial charge in [0.1, 0.15) is 0 Å². The molecular weight excluding hydrogens is 558 g/mol. The second-order valence-electron chi connectivity index (χ2n) is 9.28. The van der Waals surface area contributed by atoms with Gasteiger partial charge < -0.3 is 9.88 Å². The normalized spacial score (nSPS) is 11.5. The highest BCUT2D eigenvalue weighted by Gasteiger charge is 2.23.